The van der Waals surface area contributed by atoms with Gasteiger partial charge in [-0.05, 0) is 32.4 Å². The van der Waals surface area contributed by atoms with Crippen LogP contribution in [0.25, 0.3) is 0 Å². The predicted octanol–water partition coefficient (Wildman–Crippen LogP) is 1.81. The first kappa shape index (κ1) is 15.0. The zero-order chi connectivity index (χ0) is 14.7. The number of likely N-dealkylation sites (N-methyl/N-ethyl adjacent to an activating group) is 1. The second-order valence-electron chi connectivity index (χ2n) is 6.23. The maximum Gasteiger partial charge on any atom is 0.0898 e. The van der Waals surface area contributed by atoms with Gasteiger partial charge >= 0.3 is 0 Å². The van der Waals surface area contributed by atoms with Crippen LogP contribution in [0.4, 0.5) is 0 Å². The van der Waals surface area contributed by atoms with Gasteiger partial charge in [-0.25, -0.2) is 0 Å². The van der Waals surface area contributed by atoms with E-state index in [-0.39, 0.29) is 12.1 Å². The lowest BCUT2D eigenvalue weighted by atomic mass is 10.0. The number of rotatable bonds is 6. The summed E-state index contributed by atoms with van der Waals surface area (Å²) in [7, 11) is 0. The SMILES string of the molecule is CCCn1cc(C(NCC)C2CN3CCCC3CO2)cn1. The molecule has 1 N–H and O–H groups in total. The summed E-state index contributed by atoms with van der Waals surface area (Å²) in [5, 5.41) is 8.08. The number of aryl methyl sites for hydroxylation is 1. The van der Waals surface area contributed by atoms with Crippen molar-refractivity contribution in [2.75, 3.05) is 26.2 Å². The molecule has 0 spiro atoms. The first-order valence-corrected chi connectivity index (χ1v) is 8.43. The standard InChI is InChI=1S/C16H28N4O/c1-3-7-20-10-13(9-18-20)16(17-4-2)15-11-19-8-5-6-14(19)12-21-15/h9-10,14-17H,3-8,11-12H2,1-2H3. The molecule has 3 rings (SSSR count). The van der Waals surface area contributed by atoms with Crippen LogP contribution in [0.3, 0.4) is 0 Å². The Kier molecular flexibility index (Phi) is 4.93. The number of aromatic nitrogens is 2. The zero-order valence-electron chi connectivity index (χ0n) is 13.3. The highest BCUT2D eigenvalue weighted by atomic mass is 16.5. The lowest BCUT2D eigenvalue weighted by Crippen LogP contribution is -2.50. The Balaban J connectivity index is 1.70. The van der Waals surface area contributed by atoms with Crippen LogP contribution in [-0.4, -0.2) is 53.1 Å². The van der Waals surface area contributed by atoms with Gasteiger partial charge in [0, 0.05) is 30.9 Å². The maximum atomic E-state index is 6.19. The molecule has 0 saturated carbocycles. The van der Waals surface area contributed by atoms with Crippen LogP contribution in [0.5, 0.6) is 0 Å². The van der Waals surface area contributed by atoms with E-state index in [9.17, 15) is 0 Å². The molecule has 2 fully saturated rings. The van der Waals surface area contributed by atoms with E-state index in [2.05, 4.69) is 35.4 Å². The van der Waals surface area contributed by atoms with Crippen LogP contribution in [-0.2, 0) is 11.3 Å². The van der Waals surface area contributed by atoms with Gasteiger partial charge in [-0.15, -0.1) is 0 Å². The highest BCUT2D eigenvalue weighted by Gasteiger charge is 2.36. The molecule has 1 aromatic heterocycles. The second-order valence-corrected chi connectivity index (χ2v) is 6.23. The van der Waals surface area contributed by atoms with Gasteiger partial charge in [0.05, 0.1) is 24.9 Å². The van der Waals surface area contributed by atoms with Gasteiger partial charge in [-0.1, -0.05) is 13.8 Å². The van der Waals surface area contributed by atoms with E-state index in [0.29, 0.717) is 6.04 Å². The summed E-state index contributed by atoms with van der Waals surface area (Å²) in [4.78, 5) is 2.61. The van der Waals surface area contributed by atoms with Crippen molar-refractivity contribution in [2.24, 2.45) is 0 Å². The largest absolute Gasteiger partial charge is 0.373 e. The highest BCUT2D eigenvalue weighted by Crippen LogP contribution is 2.28. The van der Waals surface area contributed by atoms with Crippen molar-refractivity contribution in [3.8, 4) is 0 Å². The molecule has 0 amide bonds. The minimum absolute atomic E-state index is 0.235. The number of nitrogens with one attached hydrogen (secondary N) is 1. The molecule has 5 heteroatoms. The predicted molar refractivity (Wildman–Crippen MR) is 83.3 cm³/mol. The summed E-state index contributed by atoms with van der Waals surface area (Å²) in [5.74, 6) is 0. The maximum absolute atomic E-state index is 6.19. The average molecular weight is 292 g/mol. The Morgan fingerprint density at radius 3 is 3.19 bits per heavy atom. The first-order chi connectivity index (χ1) is 10.3. The van der Waals surface area contributed by atoms with Crippen molar-refractivity contribution in [1.29, 1.82) is 0 Å². The summed E-state index contributed by atoms with van der Waals surface area (Å²) < 4.78 is 8.23. The molecular weight excluding hydrogens is 264 g/mol. The summed E-state index contributed by atoms with van der Waals surface area (Å²) >= 11 is 0. The Morgan fingerprint density at radius 2 is 2.38 bits per heavy atom. The number of ether oxygens (including phenoxy) is 1. The van der Waals surface area contributed by atoms with E-state index in [1.165, 1.54) is 24.9 Å². The van der Waals surface area contributed by atoms with Crippen molar-refractivity contribution in [3.05, 3.63) is 18.0 Å². The average Bonchev–Trinajstić information content (AvgIpc) is 3.13. The zero-order valence-corrected chi connectivity index (χ0v) is 13.3. The van der Waals surface area contributed by atoms with Gasteiger partial charge in [0.2, 0.25) is 0 Å². The Bertz CT molecular complexity index is 447. The van der Waals surface area contributed by atoms with E-state index in [1.54, 1.807) is 0 Å². The fourth-order valence-corrected chi connectivity index (χ4v) is 3.62. The molecule has 3 heterocycles. The first-order valence-electron chi connectivity index (χ1n) is 8.43. The number of hydrogen-bond acceptors (Lipinski definition) is 4. The molecule has 3 atom stereocenters. The van der Waals surface area contributed by atoms with Gasteiger partial charge in [0.15, 0.2) is 0 Å². The quantitative estimate of drug-likeness (QED) is 0.868. The van der Waals surface area contributed by atoms with Gasteiger partial charge in [-0.3, -0.25) is 9.58 Å². The van der Waals surface area contributed by atoms with Crippen LogP contribution < -0.4 is 5.32 Å². The van der Waals surface area contributed by atoms with Crippen LogP contribution >= 0.6 is 0 Å². The van der Waals surface area contributed by atoms with E-state index < -0.39 is 0 Å². The van der Waals surface area contributed by atoms with Crippen molar-refractivity contribution >= 4 is 0 Å². The van der Waals surface area contributed by atoms with Crippen molar-refractivity contribution in [1.82, 2.24) is 20.0 Å². The molecule has 1 aromatic rings. The van der Waals surface area contributed by atoms with Crippen molar-refractivity contribution in [2.45, 2.75) is 57.8 Å². The molecule has 2 saturated heterocycles. The van der Waals surface area contributed by atoms with Gasteiger partial charge in [0.25, 0.3) is 0 Å². The third-order valence-electron chi connectivity index (χ3n) is 4.68. The third-order valence-corrected chi connectivity index (χ3v) is 4.68. The third kappa shape index (κ3) is 3.30. The molecule has 5 nitrogen and oxygen atoms in total. The topological polar surface area (TPSA) is 42.3 Å². The number of hydrogen-bond donors (Lipinski definition) is 1. The number of fused-ring (bicyclic) bond motifs is 1. The summed E-state index contributed by atoms with van der Waals surface area (Å²) in [6.45, 7) is 9.44. The lowest BCUT2D eigenvalue weighted by Gasteiger charge is -2.38. The van der Waals surface area contributed by atoms with Crippen LogP contribution in [0.15, 0.2) is 12.4 Å². The van der Waals surface area contributed by atoms with E-state index in [4.69, 9.17) is 4.74 Å². The molecule has 0 aliphatic carbocycles. The van der Waals surface area contributed by atoms with Crippen molar-refractivity contribution in [3.63, 3.8) is 0 Å². The molecule has 2 aliphatic rings. The molecule has 0 aromatic carbocycles. The molecule has 0 radical (unpaired) electrons. The lowest BCUT2D eigenvalue weighted by molar-refractivity contribution is -0.0650. The molecule has 0 bridgehead atoms. The molecule has 118 valence electrons. The van der Waals surface area contributed by atoms with Gasteiger partial charge in [0.1, 0.15) is 0 Å². The number of morpholine rings is 1. The molecule has 2 aliphatic heterocycles. The van der Waals surface area contributed by atoms with E-state index >= 15 is 0 Å². The van der Waals surface area contributed by atoms with Crippen molar-refractivity contribution < 1.29 is 4.74 Å². The minimum atomic E-state index is 0.235. The van der Waals surface area contributed by atoms with E-state index in [1.807, 2.05) is 10.9 Å². The fourth-order valence-electron chi connectivity index (χ4n) is 3.62. The monoisotopic (exact) mass is 292 g/mol. The van der Waals surface area contributed by atoms with Gasteiger partial charge in [-0.2, -0.15) is 5.10 Å². The molecule has 21 heavy (non-hydrogen) atoms. The Hall–Kier alpha value is -0.910. The van der Waals surface area contributed by atoms with Crippen LogP contribution in [0.1, 0.15) is 44.7 Å². The smallest absolute Gasteiger partial charge is 0.0898 e. The normalized spacial score (nSPS) is 27.7. The Morgan fingerprint density at radius 1 is 1.48 bits per heavy atom. The summed E-state index contributed by atoms with van der Waals surface area (Å²) in [5.41, 5.74) is 1.26. The fraction of sp³-hybridized carbons (Fsp3) is 0.812. The van der Waals surface area contributed by atoms with Crippen LogP contribution in [0, 0.1) is 0 Å². The minimum Gasteiger partial charge on any atom is -0.373 e. The van der Waals surface area contributed by atoms with E-state index in [0.717, 1.165) is 32.7 Å². The molecule has 3 unspecified atom stereocenters. The highest BCUT2D eigenvalue weighted by molar-refractivity contribution is 5.13. The number of nitrogens with zero attached hydrogens (tertiary/aromatic N) is 3. The second kappa shape index (κ2) is 6.90. The summed E-state index contributed by atoms with van der Waals surface area (Å²) in [6.07, 6.45) is 8.15. The van der Waals surface area contributed by atoms with Gasteiger partial charge < -0.3 is 10.1 Å². The van der Waals surface area contributed by atoms with Crippen LogP contribution in [0.2, 0.25) is 0 Å². The summed E-state index contributed by atoms with van der Waals surface area (Å²) in [6, 6.07) is 0.911. The Labute approximate surface area is 127 Å². The molecular formula is C16H28N4O.